The number of fused-ring (bicyclic) bond motifs is 5. The van der Waals surface area contributed by atoms with Gasteiger partial charge in [-0.3, -0.25) is 14.3 Å². The summed E-state index contributed by atoms with van der Waals surface area (Å²) in [6.45, 7) is 2.29. The van der Waals surface area contributed by atoms with Crippen molar-refractivity contribution in [1.29, 1.82) is 0 Å². The number of aryl methyl sites for hydroxylation is 2. The lowest BCUT2D eigenvalue weighted by molar-refractivity contribution is -0.130. The number of carbonyl (C=O) groups is 2. The van der Waals surface area contributed by atoms with Gasteiger partial charge in [0.25, 0.3) is 5.91 Å². The van der Waals surface area contributed by atoms with Gasteiger partial charge in [-0.15, -0.1) is 5.10 Å². The van der Waals surface area contributed by atoms with Gasteiger partial charge in [0.05, 0.1) is 31.6 Å². The Balaban J connectivity index is 1.24. The standard InChI is InChI=1S/C28H33N5O4/c34-27(13-5-4-10-21-8-2-1-3-9-21)32-18-25-26(19-32)37-20-23-17-33(31-30-23)14-7-15-36-24-12-6-11-22(16-24)28(35)29-25/h1-3,6,8-9,11-12,16-17,25-26H,4-5,7,10,13-15,18-20H2,(H,29,35)/t25-,26-/m0/s1. The second kappa shape index (κ2) is 12.0. The number of aromatic nitrogens is 3. The maximum absolute atomic E-state index is 13.1. The minimum absolute atomic E-state index is 0.0886. The van der Waals surface area contributed by atoms with Crippen molar-refractivity contribution >= 4 is 11.8 Å². The number of nitrogens with one attached hydrogen (secondary N) is 1. The quantitative estimate of drug-likeness (QED) is 0.538. The van der Waals surface area contributed by atoms with Gasteiger partial charge in [0, 0.05) is 38.0 Å². The number of rotatable bonds is 5. The molecule has 0 saturated carbocycles. The molecule has 0 aliphatic carbocycles. The molecule has 2 amide bonds. The molecule has 9 nitrogen and oxygen atoms in total. The minimum Gasteiger partial charge on any atom is -0.494 e. The SMILES string of the molecule is O=C1N[C@H]2CN(C(=O)CCCCc3ccccc3)C[C@@H]2OCc2cn(nn2)CCCOc2cccc1c2. The Hall–Kier alpha value is -3.72. The average Bonchev–Trinajstić information content (AvgIpc) is 3.55. The molecule has 4 bridgehead atoms. The summed E-state index contributed by atoms with van der Waals surface area (Å²) in [7, 11) is 0. The highest BCUT2D eigenvalue weighted by Gasteiger charge is 2.37. The second-order valence-corrected chi connectivity index (χ2v) is 9.62. The summed E-state index contributed by atoms with van der Waals surface area (Å²) in [6, 6.07) is 17.1. The first-order valence-electron chi connectivity index (χ1n) is 13.0. The van der Waals surface area contributed by atoms with Crippen molar-refractivity contribution in [3.63, 3.8) is 0 Å². The molecule has 2 aromatic carbocycles. The summed E-state index contributed by atoms with van der Waals surface area (Å²) < 4.78 is 13.8. The summed E-state index contributed by atoms with van der Waals surface area (Å²) in [4.78, 5) is 27.9. The highest BCUT2D eigenvalue weighted by atomic mass is 16.5. The maximum atomic E-state index is 13.1. The number of likely N-dealkylation sites (tertiary alicyclic amines) is 1. The van der Waals surface area contributed by atoms with Gasteiger partial charge in [-0.05, 0) is 43.0 Å². The monoisotopic (exact) mass is 503 g/mol. The normalized spacial score (nSPS) is 20.1. The van der Waals surface area contributed by atoms with Crippen LogP contribution < -0.4 is 10.1 Å². The molecule has 194 valence electrons. The lowest BCUT2D eigenvalue weighted by atomic mass is 10.1. The number of ether oxygens (including phenoxy) is 2. The largest absolute Gasteiger partial charge is 0.494 e. The third-order valence-corrected chi connectivity index (χ3v) is 6.81. The van der Waals surface area contributed by atoms with Crippen molar-refractivity contribution in [2.45, 2.75) is 57.4 Å². The first-order valence-corrected chi connectivity index (χ1v) is 13.0. The van der Waals surface area contributed by atoms with E-state index in [1.807, 2.05) is 41.4 Å². The van der Waals surface area contributed by atoms with Gasteiger partial charge in [0.15, 0.2) is 0 Å². The van der Waals surface area contributed by atoms with E-state index in [2.05, 4.69) is 27.8 Å². The molecule has 1 N–H and O–H groups in total. The van der Waals surface area contributed by atoms with Crippen LogP contribution in [0, 0.1) is 0 Å². The number of hydrogen-bond acceptors (Lipinski definition) is 6. The fourth-order valence-electron chi connectivity index (χ4n) is 4.79. The molecule has 0 unspecified atom stereocenters. The molecule has 5 rings (SSSR count). The topological polar surface area (TPSA) is 98.6 Å². The average molecular weight is 504 g/mol. The number of hydrogen-bond donors (Lipinski definition) is 1. The van der Waals surface area contributed by atoms with E-state index in [-0.39, 0.29) is 30.6 Å². The maximum Gasteiger partial charge on any atom is 0.251 e. The Bertz CT molecular complexity index is 1200. The van der Waals surface area contributed by atoms with E-state index < -0.39 is 0 Å². The summed E-state index contributed by atoms with van der Waals surface area (Å²) in [6.07, 6.45) is 5.50. The lowest BCUT2D eigenvalue weighted by Crippen LogP contribution is -2.44. The molecule has 1 aromatic heterocycles. The number of benzene rings is 2. The van der Waals surface area contributed by atoms with Crippen LogP contribution in [-0.4, -0.2) is 63.6 Å². The minimum atomic E-state index is -0.338. The predicted octanol–water partition coefficient (Wildman–Crippen LogP) is 3.00. The van der Waals surface area contributed by atoms with Crippen LogP contribution in [0.5, 0.6) is 5.75 Å². The van der Waals surface area contributed by atoms with Gasteiger partial charge in [0.2, 0.25) is 5.91 Å². The summed E-state index contributed by atoms with van der Waals surface area (Å²) in [5.41, 5.74) is 2.52. The molecule has 3 heterocycles. The first kappa shape index (κ1) is 25.0. The Morgan fingerprint density at radius 1 is 1.08 bits per heavy atom. The van der Waals surface area contributed by atoms with E-state index >= 15 is 0 Å². The highest BCUT2D eigenvalue weighted by Crippen LogP contribution is 2.20. The van der Waals surface area contributed by atoms with E-state index in [1.165, 1.54) is 5.56 Å². The van der Waals surface area contributed by atoms with Crippen LogP contribution in [0.25, 0.3) is 0 Å². The highest BCUT2D eigenvalue weighted by molar-refractivity contribution is 5.95. The van der Waals surface area contributed by atoms with Crippen molar-refractivity contribution in [3.8, 4) is 5.75 Å². The smallest absolute Gasteiger partial charge is 0.251 e. The fourth-order valence-corrected chi connectivity index (χ4v) is 4.79. The van der Waals surface area contributed by atoms with Gasteiger partial charge < -0.3 is 19.7 Å². The molecule has 1 saturated heterocycles. The summed E-state index contributed by atoms with van der Waals surface area (Å²) in [5.74, 6) is 0.524. The van der Waals surface area contributed by atoms with Crippen LogP contribution in [0.4, 0.5) is 0 Å². The van der Waals surface area contributed by atoms with Gasteiger partial charge in [-0.2, -0.15) is 0 Å². The zero-order valence-corrected chi connectivity index (χ0v) is 20.9. The molecule has 9 heteroatoms. The number of amides is 2. The van der Waals surface area contributed by atoms with Gasteiger partial charge >= 0.3 is 0 Å². The van der Waals surface area contributed by atoms with E-state index in [0.717, 1.165) is 25.7 Å². The van der Waals surface area contributed by atoms with Crippen molar-refractivity contribution in [1.82, 2.24) is 25.2 Å². The van der Waals surface area contributed by atoms with Crippen molar-refractivity contribution in [2.24, 2.45) is 0 Å². The Morgan fingerprint density at radius 2 is 1.97 bits per heavy atom. The molecule has 2 aliphatic rings. The van der Waals surface area contributed by atoms with Gasteiger partial charge in [0.1, 0.15) is 11.4 Å². The Labute approximate surface area is 216 Å². The second-order valence-electron chi connectivity index (χ2n) is 9.62. The summed E-state index contributed by atoms with van der Waals surface area (Å²) >= 11 is 0. The molecule has 0 radical (unpaired) electrons. The van der Waals surface area contributed by atoms with Crippen LogP contribution >= 0.6 is 0 Å². The predicted molar refractivity (Wildman–Crippen MR) is 137 cm³/mol. The van der Waals surface area contributed by atoms with Crippen LogP contribution in [-0.2, 0) is 29.1 Å². The molecule has 3 aromatic rings. The zero-order valence-electron chi connectivity index (χ0n) is 20.9. The number of nitrogens with zero attached hydrogens (tertiary/aromatic N) is 4. The Morgan fingerprint density at radius 3 is 2.86 bits per heavy atom. The molecular weight excluding hydrogens is 470 g/mol. The fraction of sp³-hybridized carbons (Fsp3) is 0.429. The van der Waals surface area contributed by atoms with E-state index in [1.54, 1.807) is 16.8 Å². The molecule has 2 aliphatic heterocycles. The van der Waals surface area contributed by atoms with E-state index in [9.17, 15) is 9.59 Å². The van der Waals surface area contributed by atoms with Crippen LogP contribution in [0.15, 0.2) is 60.8 Å². The van der Waals surface area contributed by atoms with E-state index in [0.29, 0.717) is 49.7 Å². The first-order chi connectivity index (χ1) is 18.1. The van der Waals surface area contributed by atoms with Crippen molar-refractivity contribution in [2.75, 3.05) is 19.7 Å². The molecule has 0 spiro atoms. The van der Waals surface area contributed by atoms with Gasteiger partial charge in [-0.25, -0.2) is 0 Å². The third-order valence-electron chi connectivity index (χ3n) is 6.81. The van der Waals surface area contributed by atoms with Crippen molar-refractivity contribution < 1.29 is 19.1 Å². The molecule has 1 fully saturated rings. The number of unbranched alkanes of at least 4 members (excludes halogenated alkanes) is 1. The lowest BCUT2D eigenvalue weighted by Gasteiger charge is -2.20. The molecule has 37 heavy (non-hydrogen) atoms. The van der Waals surface area contributed by atoms with E-state index in [4.69, 9.17) is 9.47 Å². The van der Waals surface area contributed by atoms with Gasteiger partial charge in [-0.1, -0.05) is 41.6 Å². The third kappa shape index (κ3) is 6.74. The van der Waals surface area contributed by atoms with Crippen molar-refractivity contribution in [3.05, 3.63) is 77.6 Å². The van der Waals surface area contributed by atoms with Crippen LogP contribution in [0.1, 0.15) is 47.3 Å². The van der Waals surface area contributed by atoms with Crippen LogP contribution in [0.3, 0.4) is 0 Å². The number of carbonyl (C=O) groups excluding carboxylic acids is 2. The Kier molecular flexibility index (Phi) is 8.10. The molecular formula is C28H33N5O4. The summed E-state index contributed by atoms with van der Waals surface area (Å²) in [5, 5.41) is 11.5. The molecule has 2 atom stereocenters. The van der Waals surface area contributed by atoms with Crippen LogP contribution in [0.2, 0.25) is 0 Å². The zero-order chi connectivity index (χ0) is 25.5.